The van der Waals surface area contributed by atoms with Crippen molar-refractivity contribution in [3.05, 3.63) is 59.8 Å². The van der Waals surface area contributed by atoms with Crippen LogP contribution in [0.4, 0.5) is 5.69 Å². The van der Waals surface area contributed by atoms with Crippen LogP contribution in [-0.2, 0) is 21.2 Å². The maximum atomic E-state index is 13.7. The summed E-state index contributed by atoms with van der Waals surface area (Å²) >= 11 is 0. The number of para-hydroxylation sites is 1. The van der Waals surface area contributed by atoms with E-state index in [1.54, 1.807) is 21.3 Å². The molecule has 156 valence electrons. The Labute approximate surface area is 176 Å². The van der Waals surface area contributed by atoms with E-state index in [1.165, 1.54) is 6.92 Å². The quantitative estimate of drug-likeness (QED) is 0.692. The third-order valence-electron chi connectivity index (χ3n) is 6.30. The van der Waals surface area contributed by atoms with Crippen LogP contribution in [0, 0.1) is 0 Å². The third kappa shape index (κ3) is 3.13. The smallest absolute Gasteiger partial charge is 0.243 e. The highest BCUT2D eigenvalue weighted by Gasteiger charge is 2.36. The zero-order valence-corrected chi connectivity index (χ0v) is 17.8. The van der Waals surface area contributed by atoms with Crippen molar-refractivity contribution < 1.29 is 13.2 Å². The lowest BCUT2D eigenvalue weighted by Crippen LogP contribution is -2.38. The second-order valence-corrected chi connectivity index (χ2v) is 10.0. The van der Waals surface area contributed by atoms with Gasteiger partial charge in [-0.25, -0.2) is 8.42 Å². The van der Waals surface area contributed by atoms with Gasteiger partial charge in [-0.05, 0) is 54.5 Å². The lowest BCUT2D eigenvalue weighted by Gasteiger charge is -2.34. The number of nitrogens with zero attached hydrogens (tertiary/aromatic N) is 2. The number of aromatic amines is 1. The number of carbonyl (C=O) groups excluding carboxylic acids is 1. The lowest BCUT2D eigenvalue weighted by molar-refractivity contribution is -0.116. The van der Waals surface area contributed by atoms with Gasteiger partial charge in [-0.15, -0.1) is 0 Å². The molecule has 1 saturated heterocycles. The number of hydrogen-bond acceptors (Lipinski definition) is 3. The van der Waals surface area contributed by atoms with Crippen LogP contribution in [0.15, 0.2) is 53.4 Å². The van der Waals surface area contributed by atoms with Crippen molar-refractivity contribution in [2.45, 2.75) is 43.5 Å². The number of nitrogens with one attached hydrogen (secondary N) is 1. The average molecular weight is 424 g/mol. The molecule has 6 nitrogen and oxygen atoms in total. The summed E-state index contributed by atoms with van der Waals surface area (Å²) < 4.78 is 29.0. The minimum Gasteiger partial charge on any atom is -0.357 e. The molecule has 3 aromatic rings. The predicted octanol–water partition coefficient (Wildman–Crippen LogP) is 3.99. The summed E-state index contributed by atoms with van der Waals surface area (Å²) in [7, 11) is -3.69. The van der Waals surface area contributed by atoms with Gasteiger partial charge in [-0.1, -0.05) is 30.7 Å². The Morgan fingerprint density at radius 2 is 1.90 bits per heavy atom. The monoisotopic (exact) mass is 423 g/mol. The van der Waals surface area contributed by atoms with E-state index in [9.17, 15) is 13.2 Å². The molecule has 0 aliphatic carbocycles. The molecule has 1 amide bonds. The lowest BCUT2D eigenvalue weighted by atomic mass is 10.0. The summed E-state index contributed by atoms with van der Waals surface area (Å²) in [6, 6.07) is 15.1. The van der Waals surface area contributed by atoms with Gasteiger partial charge in [0, 0.05) is 36.9 Å². The Hall–Kier alpha value is -2.64. The summed E-state index contributed by atoms with van der Waals surface area (Å²) in [6.07, 6.45) is 3.39. The molecule has 7 heteroatoms. The third-order valence-corrected chi connectivity index (χ3v) is 8.21. The Morgan fingerprint density at radius 3 is 2.70 bits per heavy atom. The number of sulfonamides is 1. The van der Waals surface area contributed by atoms with Gasteiger partial charge in [0.2, 0.25) is 15.9 Å². The van der Waals surface area contributed by atoms with Gasteiger partial charge in [0.05, 0.1) is 10.9 Å². The number of amides is 1. The maximum absolute atomic E-state index is 13.7. The fraction of sp³-hybridized carbons (Fsp3) is 0.348. The number of hydrogen-bond donors (Lipinski definition) is 1. The molecule has 2 aromatic carbocycles. The zero-order valence-electron chi connectivity index (χ0n) is 17.0. The van der Waals surface area contributed by atoms with E-state index in [0.29, 0.717) is 13.1 Å². The highest BCUT2D eigenvalue weighted by molar-refractivity contribution is 7.89. The maximum Gasteiger partial charge on any atom is 0.243 e. The second-order valence-electron chi connectivity index (χ2n) is 8.15. The van der Waals surface area contributed by atoms with Gasteiger partial charge in [0.15, 0.2) is 0 Å². The van der Waals surface area contributed by atoms with Crippen molar-refractivity contribution in [1.29, 1.82) is 0 Å². The van der Waals surface area contributed by atoms with Crippen molar-refractivity contribution >= 4 is 32.5 Å². The highest BCUT2D eigenvalue weighted by atomic mass is 32.2. The fourth-order valence-corrected chi connectivity index (χ4v) is 6.46. The SMILES string of the molecule is CC(=O)N1CCc2ccc(S(=O)(=O)N3CCCCC3c3cc4ccccc4[nH]3)cc21. The minimum absolute atomic E-state index is 0.0581. The molecule has 2 aliphatic heterocycles. The fourth-order valence-electron chi connectivity index (χ4n) is 4.76. The van der Waals surface area contributed by atoms with Gasteiger partial charge in [-0.2, -0.15) is 4.31 Å². The number of H-pyrrole nitrogens is 1. The largest absolute Gasteiger partial charge is 0.357 e. The topological polar surface area (TPSA) is 73.5 Å². The molecule has 1 aromatic heterocycles. The van der Waals surface area contributed by atoms with E-state index >= 15 is 0 Å². The van der Waals surface area contributed by atoms with E-state index in [-0.39, 0.29) is 16.8 Å². The molecule has 0 bridgehead atoms. The van der Waals surface area contributed by atoms with Crippen molar-refractivity contribution in [2.75, 3.05) is 18.0 Å². The Balaban J connectivity index is 1.54. The number of carbonyl (C=O) groups is 1. The number of rotatable bonds is 3. The molecule has 3 heterocycles. The Kier molecular flexibility index (Phi) is 4.67. The van der Waals surface area contributed by atoms with Crippen LogP contribution in [0.2, 0.25) is 0 Å². The van der Waals surface area contributed by atoms with Gasteiger partial charge in [-0.3, -0.25) is 4.79 Å². The summed E-state index contributed by atoms with van der Waals surface area (Å²) in [5.74, 6) is -0.0581. The molecule has 0 saturated carbocycles. The molecule has 2 aliphatic rings. The molecule has 1 N–H and O–H groups in total. The molecule has 5 rings (SSSR count). The van der Waals surface area contributed by atoms with Gasteiger partial charge in [0.1, 0.15) is 0 Å². The van der Waals surface area contributed by atoms with Crippen LogP contribution in [0.3, 0.4) is 0 Å². The van der Waals surface area contributed by atoms with E-state index < -0.39 is 10.0 Å². The van der Waals surface area contributed by atoms with E-state index in [2.05, 4.69) is 11.1 Å². The minimum atomic E-state index is -3.69. The molecular weight excluding hydrogens is 398 g/mol. The standard InChI is InChI=1S/C23H25N3O3S/c1-16(27)25-13-11-17-9-10-19(15-23(17)25)30(28,29)26-12-5-4-8-22(26)21-14-18-6-2-3-7-20(18)24-21/h2-3,6-7,9-10,14-15,22,24H,4-5,8,11-13H2,1H3. The number of piperidine rings is 1. The molecule has 0 radical (unpaired) electrons. The van der Waals surface area contributed by atoms with E-state index in [1.807, 2.05) is 30.3 Å². The van der Waals surface area contributed by atoms with E-state index in [0.717, 1.165) is 53.5 Å². The summed E-state index contributed by atoms with van der Waals surface area (Å²) in [5.41, 5.74) is 3.70. The average Bonchev–Trinajstić information content (AvgIpc) is 3.37. The van der Waals surface area contributed by atoms with Crippen LogP contribution in [0.1, 0.15) is 43.5 Å². The molecule has 30 heavy (non-hydrogen) atoms. The molecule has 1 atom stereocenters. The van der Waals surface area contributed by atoms with E-state index in [4.69, 9.17) is 0 Å². The van der Waals surface area contributed by atoms with Gasteiger partial charge in [0.25, 0.3) is 0 Å². The van der Waals surface area contributed by atoms with Crippen LogP contribution >= 0.6 is 0 Å². The van der Waals surface area contributed by atoms with Crippen LogP contribution < -0.4 is 4.90 Å². The number of fused-ring (bicyclic) bond motifs is 2. The van der Waals surface area contributed by atoms with Crippen LogP contribution in [0.25, 0.3) is 10.9 Å². The first kappa shape index (κ1) is 19.3. The van der Waals surface area contributed by atoms with Crippen molar-refractivity contribution in [3.8, 4) is 0 Å². The highest BCUT2D eigenvalue weighted by Crippen LogP contribution is 2.38. The van der Waals surface area contributed by atoms with Crippen LogP contribution in [-0.4, -0.2) is 36.7 Å². The van der Waals surface area contributed by atoms with Crippen molar-refractivity contribution in [3.63, 3.8) is 0 Å². The zero-order chi connectivity index (χ0) is 20.9. The van der Waals surface area contributed by atoms with Gasteiger partial charge < -0.3 is 9.88 Å². The molecular formula is C23H25N3O3S. The normalized spacial score (nSPS) is 19.9. The summed E-state index contributed by atoms with van der Waals surface area (Å²) in [6.45, 7) is 2.62. The Bertz CT molecular complexity index is 1200. The first-order chi connectivity index (χ1) is 14.4. The summed E-state index contributed by atoms with van der Waals surface area (Å²) in [4.78, 5) is 17.3. The van der Waals surface area contributed by atoms with Gasteiger partial charge >= 0.3 is 0 Å². The molecule has 0 spiro atoms. The number of benzene rings is 2. The first-order valence-corrected chi connectivity index (χ1v) is 11.9. The van der Waals surface area contributed by atoms with Crippen molar-refractivity contribution in [2.24, 2.45) is 0 Å². The van der Waals surface area contributed by atoms with Crippen LogP contribution in [0.5, 0.6) is 0 Å². The molecule has 1 fully saturated rings. The molecule has 1 unspecified atom stereocenters. The second kappa shape index (κ2) is 7.25. The first-order valence-electron chi connectivity index (χ1n) is 10.5. The van der Waals surface area contributed by atoms with Crippen molar-refractivity contribution in [1.82, 2.24) is 9.29 Å². The predicted molar refractivity (Wildman–Crippen MR) is 117 cm³/mol. The Morgan fingerprint density at radius 1 is 1.07 bits per heavy atom. The number of anilines is 1. The number of aromatic nitrogens is 1. The summed E-state index contributed by atoms with van der Waals surface area (Å²) in [5, 5.41) is 1.09.